The first-order valence-electron chi connectivity index (χ1n) is 12.3. The number of rotatable bonds is 11. The highest BCUT2D eigenvalue weighted by atomic mass is 16.5. The Labute approximate surface area is 212 Å². The van der Waals surface area contributed by atoms with Crippen LogP contribution in [0.25, 0.3) is 0 Å². The van der Waals surface area contributed by atoms with Crippen molar-refractivity contribution < 1.29 is 19.1 Å². The van der Waals surface area contributed by atoms with E-state index in [1.54, 1.807) is 11.1 Å². The van der Waals surface area contributed by atoms with Crippen molar-refractivity contribution in [2.24, 2.45) is 0 Å². The zero-order valence-electron chi connectivity index (χ0n) is 20.8. The monoisotopic (exact) mass is 493 g/mol. The number of alkyl carbamates (subject to hydrolysis) is 1. The number of nitrogens with zero attached hydrogens (tertiary/aromatic N) is 3. The third-order valence-corrected chi connectivity index (χ3v) is 6.08. The van der Waals surface area contributed by atoms with E-state index in [-0.39, 0.29) is 18.4 Å². The fourth-order valence-corrected chi connectivity index (χ4v) is 4.09. The SMILES string of the molecule is C=CC(=O)NCCCC[C@H](NC(=O)OCc1ccccc1)C(=O)N1CCN(c2ncccc2C)CC1. The fraction of sp³-hybridized carbons (Fsp3) is 0.407. The Balaban J connectivity index is 1.55. The first kappa shape index (κ1) is 26.7. The van der Waals surface area contributed by atoms with Crippen molar-refractivity contribution in [3.63, 3.8) is 0 Å². The molecule has 2 aromatic rings. The number of amides is 3. The summed E-state index contributed by atoms with van der Waals surface area (Å²) in [6.45, 7) is 8.49. The van der Waals surface area contributed by atoms with E-state index in [1.807, 2.05) is 49.4 Å². The van der Waals surface area contributed by atoms with E-state index in [4.69, 9.17) is 4.74 Å². The number of nitrogens with one attached hydrogen (secondary N) is 2. The lowest BCUT2D eigenvalue weighted by atomic mass is 10.1. The number of hydrogen-bond acceptors (Lipinski definition) is 6. The minimum Gasteiger partial charge on any atom is -0.445 e. The number of hydrogen-bond donors (Lipinski definition) is 2. The van der Waals surface area contributed by atoms with Crippen LogP contribution in [0.4, 0.5) is 10.6 Å². The van der Waals surface area contributed by atoms with Crippen LogP contribution in [0.1, 0.15) is 30.4 Å². The zero-order chi connectivity index (χ0) is 25.8. The minimum absolute atomic E-state index is 0.126. The van der Waals surface area contributed by atoms with E-state index in [1.165, 1.54) is 6.08 Å². The second kappa shape index (κ2) is 13.9. The number of aryl methyl sites for hydroxylation is 1. The molecule has 0 spiro atoms. The number of aromatic nitrogens is 1. The van der Waals surface area contributed by atoms with Gasteiger partial charge in [-0.05, 0) is 49.5 Å². The van der Waals surface area contributed by atoms with Crippen molar-refractivity contribution in [3.8, 4) is 0 Å². The Kier molecular flexibility index (Phi) is 10.3. The van der Waals surface area contributed by atoms with E-state index in [0.29, 0.717) is 52.0 Å². The molecule has 1 aromatic heterocycles. The molecule has 9 heteroatoms. The molecule has 1 saturated heterocycles. The molecule has 3 rings (SSSR count). The van der Waals surface area contributed by atoms with Crippen molar-refractivity contribution in [1.29, 1.82) is 0 Å². The zero-order valence-corrected chi connectivity index (χ0v) is 20.8. The van der Waals surface area contributed by atoms with E-state index in [0.717, 1.165) is 16.9 Å². The van der Waals surface area contributed by atoms with Crippen LogP contribution in [0.3, 0.4) is 0 Å². The van der Waals surface area contributed by atoms with Crippen LogP contribution < -0.4 is 15.5 Å². The van der Waals surface area contributed by atoms with Gasteiger partial charge in [-0.2, -0.15) is 0 Å². The molecule has 2 heterocycles. The molecule has 0 saturated carbocycles. The summed E-state index contributed by atoms with van der Waals surface area (Å²) in [4.78, 5) is 45.7. The molecular formula is C27H35N5O4. The molecule has 36 heavy (non-hydrogen) atoms. The van der Waals surface area contributed by atoms with Crippen LogP contribution in [0.2, 0.25) is 0 Å². The predicted molar refractivity (Wildman–Crippen MR) is 138 cm³/mol. The smallest absolute Gasteiger partial charge is 0.408 e. The summed E-state index contributed by atoms with van der Waals surface area (Å²) >= 11 is 0. The molecule has 1 atom stereocenters. The van der Waals surface area contributed by atoms with Crippen LogP contribution in [-0.4, -0.2) is 66.6 Å². The van der Waals surface area contributed by atoms with Crippen LogP contribution in [0, 0.1) is 6.92 Å². The normalized spacial score (nSPS) is 14.0. The van der Waals surface area contributed by atoms with Gasteiger partial charge in [-0.25, -0.2) is 9.78 Å². The minimum atomic E-state index is -0.702. The van der Waals surface area contributed by atoms with Gasteiger partial charge in [0.25, 0.3) is 0 Å². The maximum absolute atomic E-state index is 13.4. The van der Waals surface area contributed by atoms with Crippen molar-refractivity contribution in [2.75, 3.05) is 37.6 Å². The number of pyridine rings is 1. The van der Waals surface area contributed by atoms with Crippen LogP contribution in [0.15, 0.2) is 61.3 Å². The standard InChI is InChI=1S/C27H35N5O4/c1-3-24(33)28-14-8-7-13-23(30-27(35)36-20-22-11-5-4-6-12-22)26(34)32-18-16-31(17-19-32)25-21(2)10-9-15-29-25/h3-6,9-12,15,23H,1,7-8,13-14,16-20H2,2H3,(H,28,33)(H,30,35)/t23-/m0/s1. The summed E-state index contributed by atoms with van der Waals surface area (Å²) in [5.41, 5.74) is 1.97. The number of carbonyl (C=O) groups excluding carboxylic acids is 3. The average Bonchev–Trinajstić information content (AvgIpc) is 2.91. The first-order valence-corrected chi connectivity index (χ1v) is 12.3. The lowest BCUT2D eigenvalue weighted by Gasteiger charge is -2.37. The van der Waals surface area contributed by atoms with Gasteiger partial charge in [-0.3, -0.25) is 9.59 Å². The highest BCUT2D eigenvalue weighted by Crippen LogP contribution is 2.18. The largest absolute Gasteiger partial charge is 0.445 e. The van der Waals surface area contributed by atoms with Gasteiger partial charge >= 0.3 is 6.09 Å². The lowest BCUT2D eigenvalue weighted by molar-refractivity contribution is -0.134. The topological polar surface area (TPSA) is 104 Å². The molecule has 0 bridgehead atoms. The Morgan fingerprint density at radius 3 is 2.53 bits per heavy atom. The van der Waals surface area contributed by atoms with Gasteiger partial charge in [-0.15, -0.1) is 0 Å². The number of ether oxygens (including phenoxy) is 1. The maximum atomic E-state index is 13.4. The predicted octanol–water partition coefficient (Wildman–Crippen LogP) is 2.81. The summed E-state index contributed by atoms with van der Waals surface area (Å²) in [7, 11) is 0. The van der Waals surface area contributed by atoms with Gasteiger partial charge < -0.3 is 25.2 Å². The maximum Gasteiger partial charge on any atom is 0.408 e. The van der Waals surface area contributed by atoms with E-state index < -0.39 is 12.1 Å². The molecule has 192 valence electrons. The molecule has 3 amide bonds. The van der Waals surface area contributed by atoms with Crippen molar-refractivity contribution in [3.05, 3.63) is 72.4 Å². The summed E-state index contributed by atoms with van der Waals surface area (Å²) in [6.07, 6.45) is 4.15. The molecule has 9 nitrogen and oxygen atoms in total. The average molecular weight is 494 g/mol. The Hall–Kier alpha value is -3.88. The highest BCUT2D eigenvalue weighted by Gasteiger charge is 2.29. The quantitative estimate of drug-likeness (QED) is 0.369. The number of anilines is 1. The fourth-order valence-electron chi connectivity index (χ4n) is 4.09. The molecule has 1 fully saturated rings. The van der Waals surface area contributed by atoms with E-state index in [2.05, 4.69) is 27.1 Å². The summed E-state index contributed by atoms with van der Waals surface area (Å²) < 4.78 is 5.35. The Morgan fingerprint density at radius 2 is 1.83 bits per heavy atom. The molecule has 0 aliphatic carbocycles. The second-order valence-corrected chi connectivity index (χ2v) is 8.71. The second-order valence-electron chi connectivity index (χ2n) is 8.71. The molecule has 0 unspecified atom stereocenters. The molecule has 1 aliphatic heterocycles. The van der Waals surface area contributed by atoms with Crippen LogP contribution in [-0.2, 0) is 20.9 Å². The van der Waals surface area contributed by atoms with Crippen molar-refractivity contribution >= 4 is 23.7 Å². The Morgan fingerprint density at radius 1 is 1.08 bits per heavy atom. The number of piperazine rings is 1. The Bertz CT molecular complexity index is 1020. The van der Waals surface area contributed by atoms with Crippen LogP contribution >= 0.6 is 0 Å². The number of benzene rings is 1. The summed E-state index contributed by atoms with van der Waals surface area (Å²) in [5, 5.41) is 5.49. The van der Waals surface area contributed by atoms with E-state index in [9.17, 15) is 14.4 Å². The third-order valence-electron chi connectivity index (χ3n) is 6.08. The first-order chi connectivity index (χ1) is 17.5. The van der Waals surface area contributed by atoms with Gasteiger partial charge in [0, 0.05) is 38.9 Å². The van der Waals surface area contributed by atoms with Crippen molar-refractivity contribution in [2.45, 2.75) is 38.8 Å². The van der Waals surface area contributed by atoms with E-state index >= 15 is 0 Å². The summed E-state index contributed by atoms with van der Waals surface area (Å²) in [5.74, 6) is 0.579. The highest BCUT2D eigenvalue weighted by molar-refractivity contribution is 5.87. The number of unbranched alkanes of at least 4 members (excludes halogenated alkanes) is 1. The van der Waals surface area contributed by atoms with Crippen LogP contribution in [0.5, 0.6) is 0 Å². The summed E-state index contributed by atoms with van der Waals surface area (Å²) in [6, 6.07) is 12.6. The third kappa shape index (κ3) is 8.11. The van der Waals surface area contributed by atoms with Gasteiger partial charge in [-0.1, -0.05) is 43.0 Å². The molecular weight excluding hydrogens is 458 g/mol. The van der Waals surface area contributed by atoms with Gasteiger partial charge in [0.05, 0.1) is 0 Å². The number of carbonyl (C=O) groups is 3. The molecule has 2 N–H and O–H groups in total. The van der Waals surface area contributed by atoms with Gasteiger partial charge in [0.1, 0.15) is 18.5 Å². The molecule has 1 aromatic carbocycles. The molecule has 1 aliphatic rings. The molecule has 0 radical (unpaired) electrons. The van der Waals surface area contributed by atoms with Gasteiger partial charge in [0.15, 0.2) is 0 Å². The van der Waals surface area contributed by atoms with Crippen molar-refractivity contribution in [1.82, 2.24) is 20.5 Å². The lowest BCUT2D eigenvalue weighted by Crippen LogP contribution is -2.55. The van der Waals surface area contributed by atoms with Gasteiger partial charge in [0.2, 0.25) is 11.8 Å².